The van der Waals surface area contributed by atoms with Gasteiger partial charge in [-0.25, -0.2) is 0 Å². The van der Waals surface area contributed by atoms with E-state index in [9.17, 15) is 4.79 Å². The highest BCUT2D eigenvalue weighted by molar-refractivity contribution is 6.30. The highest BCUT2D eigenvalue weighted by Crippen LogP contribution is 2.37. The number of hydrogen-bond donors (Lipinski definition) is 1. The molecule has 0 saturated carbocycles. The zero-order valence-electron chi connectivity index (χ0n) is 16.6. The number of rotatable bonds is 3. The van der Waals surface area contributed by atoms with Crippen molar-refractivity contribution in [1.29, 1.82) is 5.26 Å². The summed E-state index contributed by atoms with van der Waals surface area (Å²) in [5.41, 5.74) is 5.28. The molecule has 4 aromatic rings. The maximum atomic E-state index is 13.0. The van der Waals surface area contributed by atoms with E-state index >= 15 is 0 Å². The van der Waals surface area contributed by atoms with Crippen LogP contribution < -0.4 is 5.56 Å². The van der Waals surface area contributed by atoms with Crippen LogP contribution in [0.15, 0.2) is 59.4 Å². The molecule has 31 heavy (non-hydrogen) atoms. The molecule has 5 rings (SSSR count). The molecule has 6 nitrogen and oxygen atoms in total. The summed E-state index contributed by atoms with van der Waals surface area (Å²) in [5, 5.41) is 14.4. The van der Waals surface area contributed by atoms with E-state index in [0.717, 1.165) is 35.2 Å². The molecular formula is C24H19ClN4O2. The van der Waals surface area contributed by atoms with Crippen LogP contribution in [-0.2, 0) is 4.74 Å². The number of benzene rings is 2. The van der Waals surface area contributed by atoms with Crippen molar-refractivity contribution in [2.75, 3.05) is 13.2 Å². The first kappa shape index (κ1) is 19.6. The predicted octanol–water partition coefficient (Wildman–Crippen LogP) is 4.78. The van der Waals surface area contributed by atoms with Crippen LogP contribution in [0.5, 0.6) is 0 Å². The van der Waals surface area contributed by atoms with Gasteiger partial charge in [0.15, 0.2) is 0 Å². The van der Waals surface area contributed by atoms with Crippen molar-refractivity contribution in [2.24, 2.45) is 0 Å². The number of ether oxygens (including phenoxy) is 1. The van der Waals surface area contributed by atoms with Crippen LogP contribution in [0.25, 0.3) is 28.0 Å². The summed E-state index contributed by atoms with van der Waals surface area (Å²) in [7, 11) is 0. The van der Waals surface area contributed by atoms with E-state index in [2.05, 4.69) is 11.1 Å². The van der Waals surface area contributed by atoms with Crippen molar-refractivity contribution < 1.29 is 4.74 Å². The van der Waals surface area contributed by atoms with Crippen LogP contribution >= 0.6 is 11.6 Å². The number of H-pyrrole nitrogens is 1. The molecule has 1 N–H and O–H groups in total. The molecule has 1 aliphatic heterocycles. The van der Waals surface area contributed by atoms with E-state index in [1.54, 1.807) is 18.2 Å². The van der Waals surface area contributed by atoms with Crippen LogP contribution in [0.3, 0.4) is 0 Å². The highest BCUT2D eigenvalue weighted by atomic mass is 35.5. The van der Waals surface area contributed by atoms with Gasteiger partial charge in [-0.2, -0.15) is 14.9 Å². The first-order valence-electron chi connectivity index (χ1n) is 10.1. The standard InChI is InChI=1S/C24H19ClN4O2/c25-19-7-5-17(6-8-19)22-23(18-9-11-31-12-10-18)28-29-21(30)13-20(27-24(22)29)16-3-1-15(14-26)2-4-16/h1-8,13,18,27H,9-12H2. The fourth-order valence-electron chi connectivity index (χ4n) is 4.10. The molecule has 1 fully saturated rings. The van der Waals surface area contributed by atoms with Gasteiger partial charge in [0.25, 0.3) is 5.56 Å². The number of fused-ring (bicyclic) bond motifs is 1. The zero-order valence-corrected chi connectivity index (χ0v) is 17.4. The van der Waals surface area contributed by atoms with E-state index in [-0.39, 0.29) is 11.5 Å². The maximum Gasteiger partial charge on any atom is 0.274 e. The van der Waals surface area contributed by atoms with E-state index < -0.39 is 0 Å². The van der Waals surface area contributed by atoms with Crippen molar-refractivity contribution >= 4 is 17.2 Å². The lowest BCUT2D eigenvalue weighted by Gasteiger charge is -2.21. The molecular weight excluding hydrogens is 412 g/mol. The molecule has 2 aromatic heterocycles. The van der Waals surface area contributed by atoms with Gasteiger partial charge in [0, 0.05) is 35.8 Å². The lowest BCUT2D eigenvalue weighted by molar-refractivity contribution is 0.0845. The molecule has 0 atom stereocenters. The van der Waals surface area contributed by atoms with E-state index in [1.165, 1.54) is 4.52 Å². The highest BCUT2D eigenvalue weighted by Gasteiger charge is 2.26. The fraction of sp³-hybridized carbons (Fsp3) is 0.208. The van der Waals surface area contributed by atoms with Gasteiger partial charge in [0.1, 0.15) is 5.65 Å². The monoisotopic (exact) mass is 430 g/mol. The third-order valence-electron chi connectivity index (χ3n) is 5.71. The average Bonchev–Trinajstić information content (AvgIpc) is 3.20. The van der Waals surface area contributed by atoms with Gasteiger partial charge in [-0.15, -0.1) is 0 Å². The molecule has 0 aliphatic carbocycles. The van der Waals surface area contributed by atoms with Crippen LogP contribution in [0, 0.1) is 11.3 Å². The van der Waals surface area contributed by atoms with Gasteiger partial charge in [0.2, 0.25) is 0 Å². The Hall–Kier alpha value is -3.40. The molecule has 0 radical (unpaired) electrons. The van der Waals surface area contributed by atoms with Crippen molar-refractivity contribution in [2.45, 2.75) is 18.8 Å². The van der Waals surface area contributed by atoms with Gasteiger partial charge in [-0.3, -0.25) is 4.79 Å². The number of nitrogens with one attached hydrogen (secondary N) is 1. The molecule has 1 saturated heterocycles. The molecule has 3 heterocycles. The normalized spacial score (nSPS) is 14.6. The number of aromatic amines is 1. The minimum Gasteiger partial charge on any atom is -0.381 e. The predicted molar refractivity (Wildman–Crippen MR) is 119 cm³/mol. The van der Waals surface area contributed by atoms with Crippen LogP contribution in [0.2, 0.25) is 5.02 Å². The first-order valence-corrected chi connectivity index (χ1v) is 10.5. The lowest BCUT2D eigenvalue weighted by atomic mass is 9.91. The number of halogens is 1. The number of hydrogen-bond acceptors (Lipinski definition) is 4. The Morgan fingerprint density at radius 1 is 1.06 bits per heavy atom. The van der Waals surface area contributed by atoms with Gasteiger partial charge in [-0.05, 0) is 48.2 Å². The Kier molecular flexibility index (Phi) is 5.06. The summed E-state index contributed by atoms with van der Waals surface area (Å²) in [5.74, 6) is 0.213. The van der Waals surface area contributed by atoms with Crippen molar-refractivity contribution in [3.63, 3.8) is 0 Å². The quantitative estimate of drug-likeness (QED) is 0.507. The Balaban J connectivity index is 1.74. The second-order valence-corrected chi connectivity index (χ2v) is 8.06. The molecule has 0 amide bonds. The van der Waals surface area contributed by atoms with Gasteiger partial charge in [-0.1, -0.05) is 35.9 Å². The molecule has 154 valence electrons. The van der Waals surface area contributed by atoms with Crippen molar-refractivity contribution in [3.8, 4) is 28.5 Å². The molecule has 0 bridgehead atoms. The van der Waals surface area contributed by atoms with Crippen LogP contribution in [0.1, 0.15) is 30.0 Å². The number of nitrogens with zero attached hydrogens (tertiary/aromatic N) is 3. The van der Waals surface area contributed by atoms with E-state index in [0.29, 0.717) is 35.1 Å². The Morgan fingerprint density at radius 2 is 1.74 bits per heavy atom. The summed E-state index contributed by atoms with van der Waals surface area (Å²) >= 11 is 6.12. The summed E-state index contributed by atoms with van der Waals surface area (Å²) < 4.78 is 6.98. The van der Waals surface area contributed by atoms with Crippen molar-refractivity contribution in [3.05, 3.63) is 81.2 Å². The third-order valence-corrected chi connectivity index (χ3v) is 5.96. The van der Waals surface area contributed by atoms with Gasteiger partial charge in [0.05, 0.1) is 23.0 Å². The zero-order chi connectivity index (χ0) is 21.4. The first-order chi connectivity index (χ1) is 15.1. The van der Waals surface area contributed by atoms with E-state index in [1.807, 2.05) is 36.4 Å². The minimum absolute atomic E-state index is 0.207. The van der Waals surface area contributed by atoms with Gasteiger partial charge >= 0.3 is 0 Å². The third kappa shape index (κ3) is 3.63. The summed E-state index contributed by atoms with van der Waals surface area (Å²) in [6, 6.07) is 18.4. The number of aromatic nitrogens is 3. The molecule has 1 aliphatic rings. The molecule has 2 aromatic carbocycles. The smallest absolute Gasteiger partial charge is 0.274 e. The van der Waals surface area contributed by atoms with E-state index in [4.69, 9.17) is 26.7 Å². The van der Waals surface area contributed by atoms with Gasteiger partial charge < -0.3 is 9.72 Å². The average molecular weight is 431 g/mol. The topological polar surface area (TPSA) is 83.2 Å². The molecule has 0 unspecified atom stereocenters. The van der Waals surface area contributed by atoms with Crippen LogP contribution in [0.4, 0.5) is 0 Å². The second kappa shape index (κ2) is 8.03. The Morgan fingerprint density at radius 3 is 2.42 bits per heavy atom. The lowest BCUT2D eigenvalue weighted by Crippen LogP contribution is -2.17. The maximum absolute atomic E-state index is 13.0. The molecule has 7 heteroatoms. The summed E-state index contributed by atoms with van der Waals surface area (Å²) in [6.45, 7) is 1.37. The second-order valence-electron chi connectivity index (χ2n) is 7.62. The summed E-state index contributed by atoms with van der Waals surface area (Å²) in [4.78, 5) is 16.4. The number of nitriles is 1. The van der Waals surface area contributed by atoms with Crippen molar-refractivity contribution in [1.82, 2.24) is 14.6 Å². The SMILES string of the molecule is N#Cc1ccc(-c2cc(=O)n3nc(C4CCOCC4)c(-c4ccc(Cl)cc4)c3[nH]2)cc1. The van der Waals surface area contributed by atoms with Crippen LogP contribution in [-0.4, -0.2) is 27.8 Å². The fourth-order valence-corrected chi connectivity index (χ4v) is 4.22. The minimum atomic E-state index is -0.207. The molecule has 0 spiro atoms. The Labute approximate surface area is 183 Å². The largest absolute Gasteiger partial charge is 0.381 e. The Bertz CT molecular complexity index is 1340. The summed E-state index contributed by atoms with van der Waals surface area (Å²) in [6.07, 6.45) is 1.72.